The predicted octanol–water partition coefficient (Wildman–Crippen LogP) is 4.44. The molecule has 33 heavy (non-hydrogen) atoms. The molecule has 2 N–H and O–H groups in total. The molecule has 4 rings (SSSR count). The highest BCUT2D eigenvalue weighted by Crippen LogP contribution is 2.25. The zero-order chi connectivity index (χ0) is 23.0. The van der Waals surface area contributed by atoms with Gasteiger partial charge in [-0.15, -0.1) is 0 Å². The average molecular weight is 444 g/mol. The lowest BCUT2D eigenvalue weighted by Gasteiger charge is -2.40. The number of hydrogen-bond donors (Lipinski definition) is 2. The largest absolute Gasteiger partial charge is 0.378 e. The van der Waals surface area contributed by atoms with Crippen LogP contribution in [0.15, 0.2) is 84.9 Å². The van der Waals surface area contributed by atoms with Crippen LogP contribution in [-0.4, -0.2) is 57.8 Å². The second-order valence-corrected chi connectivity index (χ2v) is 8.56. The van der Waals surface area contributed by atoms with Crippen LogP contribution in [0.4, 0.5) is 21.9 Å². The molecule has 172 valence electrons. The summed E-state index contributed by atoms with van der Waals surface area (Å²) in [5.41, 5.74) is 4.44. The molecule has 1 fully saturated rings. The van der Waals surface area contributed by atoms with Crippen molar-refractivity contribution in [1.29, 1.82) is 0 Å². The van der Waals surface area contributed by atoms with Gasteiger partial charge in [0.1, 0.15) is 0 Å². The molecule has 1 atom stereocenters. The van der Waals surface area contributed by atoms with Gasteiger partial charge in [0.25, 0.3) is 0 Å². The average Bonchev–Trinajstić information content (AvgIpc) is 2.86. The van der Waals surface area contributed by atoms with Crippen LogP contribution >= 0.6 is 0 Å². The molecule has 0 aromatic heterocycles. The molecule has 0 saturated carbocycles. The minimum Gasteiger partial charge on any atom is -0.378 e. The van der Waals surface area contributed by atoms with Crippen molar-refractivity contribution < 1.29 is 4.79 Å². The molecule has 0 aliphatic carbocycles. The van der Waals surface area contributed by atoms with E-state index in [2.05, 4.69) is 79.9 Å². The van der Waals surface area contributed by atoms with Gasteiger partial charge in [-0.2, -0.15) is 0 Å². The molecule has 6 nitrogen and oxygen atoms in total. The third-order valence-corrected chi connectivity index (χ3v) is 6.16. The molecule has 0 bridgehead atoms. The summed E-state index contributed by atoms with van der Waals surface area (Å²) in [5, 5.41) is 6.01. The minimum absolute atomic E-state index is 0.112. The summed E-state index contributed by atoms with van der Waals surface area (Å²) in [6.45, 7) is 4.36. The van der Waals surface area contributed by atoms with Crippen LogP contribution < -0.4 is 20.4 Å². The van der Waals surface area contributed by atoms with Gasteiger partial charge in [-0.25, -0.2) is 4.79 Å². The van der Waals surface area contributed by atoms with E-state index in [4.69, 9.17) is 0 Å². The number of anilines is 3. The van der Waals surface area contributed by atoms with E-state index in [1.165, 1.54) is 16.9 Å². The number of carbonyl (C=O) groups excluding carboxylic acids is 1. The third-order valence-electron chi connectivity index (χ3n) is 6.16. The van der Waals surface area contributed by atoms with Crippen molar-refractivity contribution in [3.63, 3.8) is 0 Å². The second-order valence-electron chi connectivity index (χ2n) is 8.56. The Hall–Kier alpha value is -3.51. The van der Waals surface area contributed by atoms with E-state index < -0.39 is 0 Å². The van der Waals surface area contributed by atoms with Crippen molar-refractivity contribution in [2.75, 3.05) is 61.9 Å². The quantitative estimate of drug-likeness (QED) is 0.567. The SMILES string of the molecule is CN(C)c1ccc(C(CNC(=O)Nc2ccccc2)N2CCN(c3ccccc3)CC2)cc1. The Bertz CT molecular complexity index is 1000. The number of amides is 2. The van der Waals surface area contributed by atoms with Crippen LogP contribution in [0.3, 0.4) is 0 Å². The standard InChI is InChI=1S/C27H33N5O/c1-30(2)24-15-13-22(14-16-24)26(21-28-27(33)29-23-9-5-3-6-10-23)32-19-17-31(18-20-32)25-11-7-4-8-12-25/h3-16,26H,17-21H2,1-2H3,(H2,28,29,33). The van der Waals surface area contributed by atoms with Gasteiger partial charge in [-0.1, -0.05) is 48.5 Å². The maximum atomic E-state index is 12.6. The number of nitrogens with one attached hydrogen (secondary N) is 2. The highest BCUT2D eigenvalue weighted by atomic mass is 16.2. The van der Waals surface area contributed by atoms with Gasteiger partial charge in [0.05, 0.1) is 6.04 Å². The number of rotatable bonds is 7. The van der Waals surface area contributed by atoms with Crippen molar-refractivity contribution in [2.24, 2.45) is 0 Å². The van der Waals surface area contributed by atoms with Gasteiger partial charge in [0, 0.05) is 63.9 Å². The maximum absolute atomic E-state index is 12.6. The Morgan fingerprint density at radius 2 is 1.45 bits per heavy atom. The summed E-state index contributed by atoms with van der Waals surface area (Å²) in [6.07, 6.45) is 0. The fourth-order valence-electron chi connectivity index (χ4n) is 4.27. The third kappa shape index (κ3) is 6.05. The van der Waals surface area contributed by atoms with Gasteiger partial charge >= 0.3 is 6.03 Å². The first-order valence-corrected chi connectivity index (χ1v) is 11.5. The minimum atomic E-state index is -0.181. The number of carbonyl (C=O) groups is 1. The Balaban J connectivity index is 1.44. The van der Waals surface area contributed by atoms with Crippen LogP contribution in [0.2, 0.25) is 0 Å². The van der Waals surface area contributed by atoms with Crippen LogP contribution in [0.1, 0.15) is 11.6 Å². The lowest BCUT2D eigenvalue weighted by atomic mass is 10.0. The maximum Gasteiger partial charge on any atom is 0.319 e. The Kier molecular flexibility index (Phi) is 7.47. The van der Waals surface area contributed by atoms with E-state index in [0.29, 0.717) is 6.54 Å². The van der Waals surface area contributed by atoms with E-state index in [1.54, 1.807) is 0 Å². The first-order valence-electron chi connectivity index (χ1n) is 11.5. The van der Waals surface area contributed by atoms with Crippen LogP contribution in [-0.2, 0) is 0 Å². The normalized spacial score (nSPS) is 15.0. The molecule has 1 unspecified atom stereocenters. The smallest absolute Gasteiger partial charge is 0.319 e. The number of nitrogens with zero attached hydrogens (tertiary/aromatic N) is 3. The summed E-state index contributed by atoms with van der Waals surface area (Å²) < 4.78 is 0. The van der Waals surface area contributed by atoms with Crippen molar-refractivity contribution in [3.05, 3.63) is 90.5 Å². The van der Waals surface area contributed by atoms with E-state index in [0.717, 1.165) is 31.9 Å². The molecular weight excluding hydrogens is 410 g/mol. The number of para-hydroxylation sites is 2. The predicted molar refractivity (Wildman–Crippen MR) is 137 cm³/mol. The molecular formula is C27H33N5O. The van der Waals surface area contributed by atoms with Crippen LogP contribution in [0, 0.1) is 0 Å². The fourth-order valence-corrected chi connectivity index (χ4v) is 4.27. The van der Waals surface area contributed by atoms with Gasteiger partial charge in [-0.3, -0.25) is 4.90 Å². The molecule has 1 aliphatic rings. The zero-order valence-corrected chi connectivity index (χ0v) is 19.4. The highest BCUT2D eigenvalue weighted by Gasteiger charge is 2.26. The zero-order valence-electron chi connectivity index (χ0n) is 19.4. The van der Waals surface area contributed by atoms with E-state index in [-0.39, 0.29) is 12.1 Å². The number of benzene rings is 3. The van der Waals surface area contributed by atoms with Gasteiger partial charge in [0.15, 0.2) is 0 Å². The number of hydrogen-bond acceptors (Lipinski definition) is 4. The van der Waals surface area contributed by atoms with Gasteiger partial charge in [-0.05, 0) is 42.0 Å². The first kappa shape index (κ1) is 22.7. The molecule has 0 spiro atoms. The van der Waals surface area contributed by atoms with Crippen LogP contribution in [0.25, 0.3) is 0 Å². The van der Waals surface area contributed by atoms with Crippen molar-refractivity contribution >= 4 is 23.1 Å². The van der Waals surface area contributed by atoms with E-state index in [9.17, 15) is 4.79 Å². The number of piperazine rings is 1. The van der Waals surface area contributed by atoms with Gasteiger partial charge < -0.3 is 20.4 Å². The summed E-state index contributed by atoms with van der Waals surface area (Å²) in [5.74, 6) is 0. The Labute approximate surface area is 196 Å². The molecule has 6 heteroatoms. The molecule has 1 aliphatic heterocycles. The Morgan fingerprint density at radius 3 is 2.06 bits per heavy atom. The van der Waals surface area contributed by atoms with Crippen molar-refractivity contribution in [3.8, 4) is 0 Å². The second kappa shape index (κ2) is 10.9. The topological polar surface area (TPSA) is 50.9 Å². The molecule has 1 saturated heterocycles. The lowest BCUT2D eigenvalue weighted by Crippen LogP contribution is -2.50. The van der Waals surface area contributed by atoms with E-state index in [1.807, 2.05) is 44.4 Å². The summed E-state index contributed by atoms with van der Waals surface area (Å²) in [7, 11) is 4.09. The molecule has 0 radical (unpaired) electrons. The fraction of sp³-hybridized carbons (Fsp3) is 0.296. The number of urea groups is 1. The van der Waals surface area contributed by atoms with E-state index >= 15 is 0 Å². The molecule has 2 amide bonds. The highest BCUT2D eigenvalue weighted by molar-refractivity contribution is 5.89. The summed E-state index contributed by atoms with van der Waals surface area (Å²) in [4.78, 5) is 19.6. The molecule has 1 heterocycles. The summed E-state index contributed by atoms with van der Waals surface area (Å²) in [6, 6.07) is 28.7. The first-order chi connectivity index (χ1) is 16.1. The monoisotopic (exact) mass is 443 g/mol. The molecule has 3 aromatic carbocycles. The van der Waals surface area contributed by atoms with Crippen molar-refractivity contribution in [1.82, 2.24) is 10.2 Å². The van der Waals surface area contributed by atoms with Gasteiger partial charge in [0.2, 0.25) is 0 Å². The Morgan fingerprint density at radius 1 is 0.848 bits per heavy atom. The lowest BCUT2D eigenvalue weighted by molar-refractivity contribution is 0.182. The molecule has 3 aromatic rings. The summed E-state index contributed by atoms with van der Waals surface area (Å²) >= 11 is 0. The van der Waals surface area contributed by atoms with Crippen LogP contribution in [0.5, 0.6) is 0 Å². The van der Waals surface area contributed by atoms with Crippen molar-refractivity contribution in [2.45, 2.75) is 6.04 Å².